The summed E-state index contributed by atoms with van der Waals surface area (Å²) in [6.45, 7) is 0.343. The highest BCUT2D eigenvalue weighted by Gasteiger charge is 2.37. The number of benzene rings is 2. The molecule has 0 unspecified atom stereocenters. The zero-order chi connectivity index (χ0) is 18.3. The molecule has 132 valence electrons. The normalized spacial score (nSPS) is 15.8. The first-order valence-corrected chi connectivity index (χ1v) is 9.26. The van der Waals surface area contributed by atoms with Gasteiger partial charge in [0.25, 0.3) is 10.0 Å². The zero-order valence-corrected chi connectivity index (χ0v) is 14.6. The Morgan fingerprint density at radius 3 is 2.50 bits per heavy atom. The Morgan fingerprint density at radius 1 is 1.04 bits per heavy atom. The molecule has 1 N–H and O–H groups in total. The lowest BCUT2D eigenvalue weighted by molar-refractivity contribution is 0.484. The Labute approximate surface area is 150 Å². The van der Waals surface area contributed by atoms with E-state index in [1.807, 2.05) is 30.3 Å². The summed E-state index contributed by atoms with van der Waals surface area (Å²) in [6, 6.07) is 15.8. The van der Waals surface area contributed by atoms with E-state index in [9.17, 15) is 13.5 Å². The second-order valence-electron chi connectivity index (χ2n) is 5.81. The number of aromatic nitrogens is 4. The Hall–Kier alpha value is -3.20. The van der Waals surface area contributed by atoms with Crippen molar-refractivity contribution in [2.75, 3.05) is 7.05 Å². The number of rotatable bonds is 3. The van der Waals surface area contributed by atoms with Crippen LogP contribution in [-0.2, 0) is 16.6 Å². The first-order chi connectivity index (χ1) is 12.5. The molecule has 0 bridgehead atoms. The standard InChI is InChI=1S/C17H15N5O3S/c1-21-15(16(23)13-9-5-6-10-14(13)26(21,24)25)17-18-19-20-22(17)11-12-7-3-2-4-8-12/h2-10,23H,11H2,1H3. The molecule has 0 radical (unpaired) electrons. The van der Waals surface area contributed by atoms with Crippen molar-refractivity contribution < 1.29 is 13.5 Å². The maximum absolute atomic E-state index is 12.8. The fourth-order valence-electron chi connectivity index (χ4n) is 2.92. The van der Waals surface area contributed by atoms with E-state index in [0.717, 1.165) is 9.87 Å². The average Bonchev–Trinajstić information content (AvgIpc) is 3.09. The summed E-state index contributed by atoms with van der Waals surface area (Å²) in [5.74, 6) is -0.00559. The lowest BCUT2D eigenvalue weighted by atomic mass is 10.1. The SMILES string of the molecule is CN1C(c2nnnn2Cc2ccccc2)=C(O)c2ccccc2S1(=O)=O. The molecule has 8 nitrogen and oxygen atoms in total. The quantitative estimate of drug-likeness (QED) is 0.755. The van der Waals surface area contributed by atoms with Crippen molar-refractivity contribution >= 4 is 21.5 Å². The number of hydrogen-bond donors (Lipinski definition) is 1. The number of hydrogen-bond acceptors (Lipinski definition) is 6. The number of aliphatic hydroxyl groups excluding tert-OH is 1. The molecule has 0 spiro atoms. The maximum atomic E-state index is 12.8. The van der Waals surface area contributed by atoms with Crippen LogP contribution >= 0.6 is 0 Å². The van der Waals surface area contributed by atoms with Crippen molar-refractivity contribution in [2.24, 2.45) is 0 Å². The van der Waals surface area contributed by atoms with E-state index < -0.39 is 10.0 Å². The molecular formula is C17H15N5O3S. The van der Waals surface area contributed by atoms with Crippen LogP contribution in [0.3, 0.4) is 0 Å². The number of tetrazole rings is 1. The maximum Gasteiger partial charge on any atom is 0.265 e. The summed E-state index contributed by atoms with van der Waals surface area (Å²) >= 11 is 0. The van der Waals surface area contributed by atoms with Gasteiger partial charge in [-0.2, -0.15) is 0 Å². The zero-order valence-electron chi connectivity index (χ0n) is 13.8. The second kappa shape index (κ2) is 5.95. The predicted molar refractivity (Wildman–Crippen MR) is 94.2 cm³/mol. The molecule has 3 aromatic rings. The Bertz CT molecular complexity index is 1110. The largest absolute Gasteiger partial charge is 0.505 e. The Kier molecular flexibility index (Phi) is 3.73. The number of nitrogens with zero attached hydrogens (tertiary/aromatic N) is 5. The molecule has 1 aliphatic rings. The molecule has 0 fully saturated rings. The van der Waals surface area contributed by atoms with Crippen molar-refractivity contribution in [1.29, 1.82) is 0 Å². The van der Waals surface area contributed by atoms with E-state index in [0.29, 0.717) is 6.54 Å². The van der Waals surface area contributed by atoms with E-state index >= 15 is 0 Å². The van der Waals surface area contributed by atoms with E-state index in [1.54, 1.807) is 18.2 Å². The highest BCUT2D eigenvalue weighted by Crippen LogP contribution is 2.38. The Morgan fingerprint density at radius 2 is 1.73 bits per heavy atom. The summed E-state index contributed by atoms with van der Waals surface area (Å²) < 4.78 is 28.1. The van der Waals surface area contributed by atoms with Crippen LogP contribution in [0.1, 0.15) is 17.0 Å². The van der Waals surface area contributed by atoms with Crippen LogP contribution in [-0.4, -0.2) is 45.1 Å². The van der Waals surface area contributed by atoms with Crippen molar-refractivity contribution in [1.82, 2.24) is 24.5 Å². The minimum Gasteiger partial charge on any atom is -0.505 e. The second-order valence-corrected chi connectivity index (χ2v) is 7.75. The van der Waals surface area contributed by atoms with E-state index in [-0.39, 0.29) is 27.7 Å². The van der Waals surface area contributed by atoms with Gasteiger partial charge in [0, 0.05) is 12.6 Å². The van der Waals surface area contributed by atoms with Gasteiger partial charge in [-0.05, 0) is 28.1 Å². The first-order valence-electron chi connectivity index (χ1n) is 7.82. The van der Waals surface area contributed by atoms with Gasteiger partial charge in [-0.15, -0.1) is 5.10 Å². The lowest BCUT2D eigenvalue weighted by Gasteiger charge is -2.28. The van der Waals surface area contributed by atoms with Crippen LogP contribution in [0, 0.1) is 0 Å². The number of aliphatic hydroxyl groups is 1. The summed E-state index contributed by atoms with van der Waals surface area (Å²) in [6.07, 6.45) is 0. The minimum absolute atomic E-state index is 0.0460. The first kappa shape index (κ1) is 16.3. The van der Waals surface area contributed by atoms with Crippen molar-refractivity contribution in [3.63, 3.8) is 0 Å². The summed E-state index contributed by atoms with van der Waals surface area (Å²) in [5, 5.41) is 22.3. The van der Waals surface area contributed by atoms with Crippen molar-refractivity contribution in [2.45, 2.75) is 11.4 Å². The van der Waals surface area contributed by atoms with E-state index in [2.05, 4.69) is 15.5 Å². The van der Waals surface area contributed by atoms with Gasteiger partial charge in [-0.3, -0.25) is 4.31 Å². The molecule has 0 amide bonds. The molecule has 1 aliphatic heterocycles. The average molecular weight is 369 g/mol. The van der Waals surface area contributed by atoms with Crippen LogP contribution in [0.5, 0.6) is 0 Å². The van der Waals surface area contributed by atoms with Crippen LogP contribution < -0.4 is 0 Å². The van der Waals surface area contributed by atoms with Gasteiger partial charge >= 0.3 is 0 Å². The number of sulfonamides is 1. The Balaban J connectivity index is 1.88. The van der Waals surface area contributed by atoms with Gasteiger partial charge in [0.05, 0.1) is 11.4 Å². The summed E-state index contributed by atoms with van der Waals surface area (Å²) in [5.41, 5.74) is 1.22. The molecule has 0 saturated carbocycles. The molecule has 1 aromatic heterocycles. The third-order valence-electron chi connectivity index (χ3n) is 4.24. The van der Waals surface area contributed by atoms with E-state index in [4.69, 9.17) is 0 Å². The molecule has 26 heavy (non-hydrogen) atoms. The van der Waals surface area contributed by atoms with Crippen LogP contribution in [0.25, 0.3) is 11.5 Å². The van der Waals surface area contributed by atoms with Crippen LogP contribution in [0.2, 0.25) is 0 Å². The topological polar surface area (TPSA) is 101 Å². The monoisotopic (exact) mass is 369 g/mol. The molecule has 0 atom stereocenters. The third kappa shape index (κ3) is 2.44. The lowest BCUT2D eigenvalue weighted by Crippen LogP contribution is -2.32. The van der Waals surface area contributed by atoms with Gasteiger partial charge in [0.2, 0.25) is 5.82 Å². The van der Waals surface area contributed by atoms with Gasteiger partial charge in [0.15, 0.2) is 5.76 Å². The molecule has 9 heteroatoms. The molecule has 0 saturated heterocycles. The van der Waals surface area contributed by atoms with Crippen LogP contribution in [0.4, 0.5) is 0 Å². The highest BCUT2D eigenvalue weighted by molar-refractivity contribution is 7.89. The molecule has 2 heterocycles. The minimum atomic E-state index is -3.81. The van der Waals surface area contributed by atoms with E-state index in [1.165, 1.54) is 17.8 Å². The highest BCUT2D eigenvalue weighted by atomic mass is 32.2. The summed E-state index contributed by atoms with van der Waals surface area (Å²) in [4.78, 5) is 0.0471. The number of fused-ring (bicyclic) bond motifs is 1. The molecule has 0 aliphatic carbocycles. The van der Waals surface area contributed by atoms with Crippen LogP contribution in [0.15, 0.2) is 59.5 Å². The third-order valence-corrected chi connectivity index (χ3v) is 6.05. The predicted octanol–water partition coefficient (Wildman–Crippen LogP) is 1.74. The fourth-order valence-corrected chi connectivity index (χ4v) is 4.31. The van der Waals surface area contributed by atoms with Crippen molar-refractivity contribution in [3.05, 3.63) is 71.5 Å². The molecular weight excluding hydrogens is 354 g/mol. The summed E-state index contributed by atoms with van der Waals surface area (Å²) in [7, 11) is -2.44. The van der Waals surface area contributed by atoms with Gasteiger partial charge in [-0.1, -0.05) is 42.5 Å². The fraction of sp³-hybridized carbons (Fsp3) is 0.118. The van der Waals surface area contributed by atoms with Crippen molar-refractivity contribution in [3.8, 4) is 0 Å². The van der Waals surface area contributed by atoms with Gasteiger partial charge < -0.3 is 5.11 Å². The van der Waals surface area contributed by atoms with Gasteiger partial charge in [0.1, 0.15) is 5.70 Å². The molecule has 2 aromatic carbocycles. The molecule has 4 rings (SSSR count). The van der Waals surface area contributed by atoms with Gasteiger partial charge in [-0.25, -0.2) is 13.1 Å². The smallest absolute Gasteiger partial charge is 0.265 e.